The average molecular weight is 388 g/mol. The molecule has 29 heavy (non-hydrogen) atoms. The van der Waals surface area contributed by atoms with Gasteiger partial charge in [-0.15, -0.1) is 0 Å². The Morgan fingerprint density at radius 1 is 0.931 bits per heavy atom. The van der Waals surface area contributed by atoms with Crippen molar-refractivity contribution in [1.29, 1.82) is 0 Å². The SMILES string of the molecule is CC(C)CC(=O)Nc1cccc(NC(=O)/C=C/c2ccc(-c3ccccc3)o2)c1. The lowest BCUT2D eigenvalue weighted by Crippen LogP contribution is -2.14. The highest BCUT2D eigenvalue weighted by Crippen LogP contribution is 2.22. The van der Waals surface area contributed by atoms with Crippen molar-refractivity contribution in [2.75, 3.05) is 10.6 Å². The van der Waals surface area contributed by atoms with E-state index in [1.165, 1.54) is 6.08 Å². The Balaban J connectivity index is 1.59. The lowest BCUT2D eigenvalue weighted by atomic mass is 10.1. The van der Waals surface area contributed by atoms with E-state index in [9.17, 15) is 9.59 Å². The minimum Gasteiger partial charge on any atom is -0.457 e. The second-order valence-electron chi connectivity index (χ2n) is 7.12. The van der Waals surface area contributed by atoms with Crippen molar-refractivity contribution in [3.8, 4) is 11.3 Å². The molecule has 0 saturated carbocycles. The maximum Gasteiger partial charge on any atom is 0.248 e. The molecule has 148 valence electrons. The van der Waals surface area contributed by atoms with Crippen LogP contribution in [0.2, 0.25) is 0 Å². The van der Waals surface area contributed by atoms with E-state index in [0.717, 1.165) is 11.3 Å². The summed E-state index contributed by atoms with van der Waals surface area (Å²) in [5, 5.41) is 5.63. The molecule has 0 saturated heterocycles. The van der Waals surface area contributed by atoms with Crippen LogP contribution in [0.3, 0.4) is 0 Å². The number of hydrogen-bond donors (Lipinski definition) is 2. The molecule has 0 aliphatic carbocycles. The van der Waals surface area contributed by atoms with Crippen LogP contribution in [0.15, 0.2) is 77.2 Å². The zero-order chi connectivity index (χ0) is 20.6. The Morgan fingerprint density at radius 2 is 1.66 bits per heavy atom. The third kappa shape index (κ3) is 6.21. The van der Waals surface area contributed by atoms with Crippen LogP contribution in [-0.2, 0) is 9.59 Å². The molecule has 0 spiro atoms. The topological polar surface area (TPSA) is 71.3 Å². The monoisotopic (exact) mass is 388 g/mol. The van der Waals surface area contributed by atoms with Crippen LogP contribution >= 0.6 is 0 Å². The van der Waals surface area contributed by atoms with Gasteiger partial charge < -0.3 is 15.1 Å². The molecule has 0 aliphatic heterocycles. The first-order chi connectivity index (χ1) is 14.0. The summed E-state index contributed by atoms with van der Waals surface area (Å²) in [5.41, 5.74) is 2.23. The average Bonchev–Trinajstić information content (AvgIpc) is 3.16. The lowest BCUT2D eigenvalue weighted by molar-refractivity contribution is -0.117. The molecule has 5 nitrogen and oxygen atoms in total. The van der Waals surface area contributed by atoms with Gasteiger partial charge in [-0.2, -0.15) is 0 Å². The maximum atomic E-state index is 12.2. The molecule has 1 aromatic heterocycles. The molecule has 2 N–H and O–H groups in total. The predicted octanol–water partition coefficient (Wildman–Crippen LogP) is 5.58. The van der Waals surface area contributed by atoms with Crippen molar-refractivity contribution >= 4 is 29.3 Å². The van der Waals surface area contributed by atoms with Gasteiger partial charge in [0.2, 0.25) is 11.8 Å². The largest absolute Gasteiger partial charge is 0.457 e. The van der Waals surface area contributed by atoms with Crippen LogP contribution in [0.5, 0.6) is 0 Å². The fraction of sp³-hybridized carbons (Fsp3) is 0.167. The Bertz CT molecular complexity index is 1000. The minimum atomic E-state index is -0.284. The summed E-state index contributed by atoms with van der Waals surface area (Å²) >= 11 is 0. The van der Waals surface area contributed by atoms with E-state index in [1.807, 2.05) is 56.3 Å². The Morgan fingerprint density at radius 3 is 2.38 bits per heavy atom. The summed E-state index contributed by atoms with van der Waals surface area (Å²) in [7, 11) is 0. The highest BCUT2D eigenvalue weighted by atomic mass is 16.3. The molecule has 0 aliphatic rings. The normalized spacial score (nSPS) is 11.0. The van der Waals surface area contributed by atoms with Gasteiger partial charge >= 0.3 is 0 Å². The molecule has 1 heterocycles. The molecular formula is C24H24N2O3. The molecule has 5 heteroatoms. The number of hydrogen-bond acceptors (Lipinski definition) is 3. The van der Waals surface area contributed by atoms with Gasteiger partial charge in [-0.05, 0) is 42.3 Å². The molecule has 0 radical (unpaired) electrons. The van der Waals surface area contributed by atoms with Crippen molar-refractivity contribution in [3.05, 3.63) is 78.6 Å². The molecule has 0 atom stereocenters. The van der Waals surface area contributed by atoms with E-state index >= 15 is 0 Å². The van der Waals surface area contributed by atoms with Crippen LogP contribution in [-0.4, -0.2) is 11.8 Å². The van der Waals surface area contributed by atoms with Gasteiger partial charge in [0.15, 0.2) is 0 Å². The van der Waals surface area contributed by atoms with E-state index in [-0.39, 0.29) is 17.7 Å². The number of furan rings is 1. The maximum absolute atomic E-state index is 12.2. The van der Waals surface area contributed by atoms with E-state index in [2.05, 4.69) is 10.6 Å². The van der Waals surface area contributed by atoms with Crippen molar-refractivity contribution in [3.63, 3.8) is 0 Å². The van der Waals surface area contributed by atoms with Gasteiger partial charge in [-0.25, -0.2) is 0 Å². The van der Waals surface area contributed by atoms with E-state index in [4.69, 9.17) is 4.42 Å². The molecule has 3 aromatic rings. The second kappa shape index (κ2) is 9.55. The van der Waals surface area contributed by atoms with Crippen molar-refractivity contribution < 1.29 is 14.0 Å². The van der Waals surface area contributed by atoms with Crippen LogP contribution < -0.4 is 10.6 Å². The zero-order valence-corrected chi connectivity index (χ0v) is 16.5. The summed E-state index contributed by atoms with van der Waals surface area (Å²) in [6.45, 7) is 3.98. The number of carbonyl (C=O) groups excluding carboxylic acids is 2. The van der Waals surface area contributed by atoms with E-state index in [0.29, 0.717) is 23.6 Å². The van der Waals surface area contributed by atoms with Gasteiger partial charge in [0.05, 0.1) is 0 Å². The predicted molar refractivity (Wildman–Crippen MR) is 116 cm³/mol. The summed E-state index contributed by atoms with van der Waals surface area (Å²) in [5.74, 6) is 1.29. The molecule has 0 unspecified atom stereocenters. The van der Waals surface area contributed by atoms with Crippen LogP contribution in [0, 0.1) is 5.92 Å². The van der Waals surface area contributed by atoms with Gasteiger partial charge in [-0.1, -0.05) is 50.2 Å². The number of benzene rings is 2. The fourth-order valence-electron chi connectivity index (χ4n) is 2.80. The molecule has 0 fully saturated rings. The van der Waals surface area contributed by atoms with E-state index in [1.54, 1.807) is 30.3 Å². The molecular weight excluding hydrogens is 364 g/mol. The van der Waals surface area contributed by atoms with Crippen molar-refractivity contribution in [1.82, 2.24) is 0 Å². The zero-order valence-electron chi connectivity index (χ0n) is 16.5. The number of anilines is 2. The number of carbonyl (C=O) groups is 2. The third-order valence-corrected chi connectivity index (χ3v) is 4.09. The number of nitrogens with one attached hydrogen (secondary N) is 2. The van der Waals surface area contributed by atoms with Crippen LogP contribution in [0.4, 0.5) is 11.4 Å². The standard InChI is InChI=1S/C24H24N2O3/c1-17(2)15-24(28)26-20-10-6-9-19(16-20)25-23(27)14-12-21-11-13-22(29-21)18-7-4-3-5-8-18/h3-14,16-17H,15H2,1-2H3,(H,25,27)(H,26,28)/b14-12+. The highest BCUT2D eigenvalue weighted by Gasteiger charge is 2.07. The Hall–Kier alpha value is -3.60. The first kappa shape index (κ1) is 20.1. The van der Waals surface area contributed by atoms with Crippen LogP contribution in [0.1, 0.15) is 26.0 Å². The summed E-state index contributed by atoms with van der Waals surface area (Å²) in [6, 6.07) is 20.5. The van der Waals surface area contributed by atoms with Crippen LogP contribution in [0.25, 0.3) is 17.4 Å². The minimum absolute atomic E-state index is 0.0459. The molecule has 0 bridgehead atoms. The quantitative estimate of drug-likeness (QED) is 0.519. The van der Waals surface area contributed by atoms with Gasteiger partial charge in [0.25, 0.3) is 0 Å². The Labute approximate surface area is 170 Å². The third-order valence-electron chi connectivity index (χ3n) is 4.09. The molecule has 3 rings (SSSR count). The molecule has 2 aromatic carbocycles. The number of rotatable bonds is 7. The highest BCUT2D eigenvalue weighted by molar-refractivity contribution is 6.02. The fourth-order valence-corrected chi connectivity index (χ4v) is 2.80. The lowest BCUT2D eigenvalue weighted by Gasteiger charge is -2.09. The smallest absolute Gasteiger partial charge is 0.248 e. The summed E-state index contributed by atoms with van der Waals surface area (Å²) < 4.78 is 5.75. The van der Waals surface area contributed by atoms with Gasteiger partial charge in [-0.3, -0.25) is 9.59 Å². The van der Waals surface area contributed by atoms with Crippen molar-refractivity contribution in [2.24, 2.45) is 5.92 Å². The Kier molecular flexibility index (Phi) is 6.63. The number of amides is 2. The van der Waals surface area contributed by atoms with Crippen molar-refractivity contribution in [2.45, 2.75) is 20.3 Å². The molecule has 2 amide bonds. The first-order valence-electron chi connectivity index (χ1n) is 9.54. The summed E-state index contributed by atoms with van der Waals surface area (Å²) in [6.07, 6.45) is 3.49. The van der Waals surface area contributed by atoms with Gasteiger partial charge in [0.1, 0.15) is 11.5 Å². The summed E-state index contributed by atoms with van der Waals surface area (Å²) in [4.78, 5) is 24.1. The second-order valence-corrected chi connectivity index (χ2v) is 7.12. The van der Waals surface area contributed by atoms with Gasteiger partial charge in [0, 0.05) is 29.4 Å². The first-order valence-corrected chi connectivity index (χ1v) is 9.54. The van der Waals surface area contributed by atoms with E-state index < -0.39 is 0 Å².